The van der Waals surface area contributed by atoms with Gasteiger partial charge in [-0.1, -0.05) is 30.3 Å². The molecule has 16 heavy (non-hydrogen) atoms. The van der Waals surface area contributed by atoms with E-state index in [1.54, 1.807) is 0 Å². The molecule has 1 fully saturated rings. The quantitative estimate of drug-likeness (QED) is 0.733. The third kappa shape index (κ3) is 2.92. The molecule has 1 atom stereocenters. The molecule has 1 saturated carbocycles. The SMILES string of the molecule is CCOC(C(=O)CC1CC1)c1ccccc1. The molecule has 2 heteroatoms. The minimum atomic E-state index is -0.355. The van der Waals surface area contributed by atoms with Crippen LogP contribution in [0.25, 0.3) is 0 Å². The summed E-state index contributed by atoms with van der Waals surface area (Å²) in [5, 5.41) is 0. The Bertz CT molecular complexity index is 341. The number of ether oxygens (including phenoxy) is 1. The van der Waals surface area contributed by atoms with E-state index >= 15 is 0 Å². The van der Waals surface area contributed by atoms with Crippen LogP contribution >= 0.6 is 0 Å². The number of hydrogen-bond donors (Lipinski definition) is 0. The molecule has 1 aliphatic rings. The molecular weight excluding hydrogens is 200 g/mol. The number of carbonyl (C=O) groups excluding carboxylic acids is 1. The number of benzene rings is 1. The van der Waals surface area contributed by atoms with Gasteiger partial charge in [0.2, 0.25) is 0 Å². The second-order valence-corrected chi connectivity index (χ2v) is 4.36. The molecule has 0 radical (unpaired) electrons. The van der Waals surface area contributed by atoms with Crippen LogP contribution in [0.4, 0.5) is 0 Å². The normalized spacial score (nSPS) is 17.1. The van der Waals surface area contributed by atoms with Gasteiger partial charge in [-0.3, -0.25) is 4.79 Å². The number of hydrogen-bond acceptors (Lipinski definition) is 2. The van der Waals surface area contributed by atoms with E-state index in [4.69, 9.17) is 4.74 Å². The van der Waals surface area contributed by atoms with Crippen LogP contribution in [-0.4, -0.2) is 12.4 Å². The van der Waals surface area contributed by atoms with Crippen LogP contribution in [-0.2, 0) is 9.53 Å². The lowest BCUT2D eigenvalue weighted by Gasteiger charge is -2.16. The highest BCUT2D eigenvalue weighted by molar-refractivity contribution is 5.84. The van der Waals surface area contributed by atoms with Crippen molar-refractivity contribution in [2.45, 2.75) is 32.3 Å². The van der Waals surface area contributed by atoms with Crippen molar-refractivity contribution in [1.82, 2.24) is 0 Å². The Labute approximate surface area is 96.6 Å². The second kappa shape index (κ2) is 5.26. The molecule has 1 aliphatic carbocycles. The van der Waals surface area contributed by atoms with Crippen molar-refractivity contribution >= 4 is 5.78 Å². The Hall–Kier alpha value is -1.15. The van der Waals surface area contributed by atoms with Gasteiger partial charge in [0.25, 0.3) is 0 Å². The van der Waals surface area contributed by atoms with Gasteiger partial charge < -0.3 is 4.74 Å². The van der Waals surface area contributed by atoms with E-state index in [0.717, 1.165) is 5.56 Å². The highest BCUT2D eigenvalue weighted by atomic mass is 16.5. The Morgan fingerprint density at radius 2 is 2.06 bits per heavy atom. The highest BCUT2D eigenvalue weighted by Crippen LogP contribution is 2.35. The first-order valence-electron chi connectivity index (χ1n) is 6.00. The minimum Gasteiger partial charge on any atom is -0.366 e. The van der Waals surface area contributed by atoms with Gasteiger partial charge in [0.1, 0.15) is 6.10 Å². The number of ketones is 1. The van der Waals surface area contributed by atoms with Crippen LogP contribution in [0.2, 0.25) is 0 Å². The molecule has 2 nitrogen and oxygen atoms in total. The molecule has 0 amide bonds. The third-order valence-electron chi connectivity index (χ3n) is 2.91. The lowest BCUT2D eigenvalue weighted by Crippen LogP contribution is -2.16. The van der Waals surface area contributed by atoms with Crippen molar-refractivity contribution in [2.75, 3.05) is 6.61 Å². The third-order valence-corrected chi connectivity index (χ3v) is 2.91. The van der Waals surface area contributed by atoms with E-state index < -0.39 is 0 Å². The van der Waals surface area contributed by atoms with E-state index in [1.807, 2.05) is 37.3 Å². The van der Waals surface area contributed by atoms with Crippen LogP contribution < -0.4 is 0 Å². The zero-order valence-corrected chi connectivity index (χ0v) is 9.69. The van der Waals surface area contributed by atoms with Gasteiger partial charge in [-0.05, 0) is 31.2 Å². The zero-order chi connectivity index (χ0) is 11.4. The summed E-state index contributed by atoms with van der Waals surface area (Å²) in [6, 6.07) is 9.78. The molecule has 2 rings (SSSR count). The smallest absolute Gasteiger partial charge is 0.166 e. The van der Waals surface area contributed by atoms with E-state index in [2.05, 4.69) is 0 Å². The fourth-order valence-electron chi connectivity index (χ4n) is 1.88. The summed E-state index contributed by atoms with van der Waals surface area (Å²) in [5.74, 6) is 0.856. The van der Waals surface area contributed by atoms with Crippen LogP contribution in [0.15, 0.2) is 30.3 Å². The predicted molar refractivity (Wildman–Crippen MR) is 63.2 cm³/mol. The van der Waals surface area contributed by atoms with Gasteiger partial charge in [0.05, 0.1) is 0 Å². The van der Waals surface area contributed by atoms with Crippen LogP contribution in [0, 0.1) is 5.92 Å². The van der Waals surface area contributed by atoms with Crippen molar-refractivity contribution in [3.05, 3.63) is 35.9 Å². The maximum Gasteiger partial charge on any atom is 0.166 e. The number of carbonyl (C=O) groups is 1. The molecule has 0 heterocycles. The summed E-state index contributed by atoms with van der Waals surface area (Å²) in [5.41, 5.74) is 0.981. The van der Waals surface area contributed by atoms with E-state index in [1.165, 1.54) is 12.8 Å². The first kappa shape index (κ1) is 11.3. The highest BCUT2D eigenvalue weighted by Gasteiger charge is 2.29. The molecule has 0 spiro atoms. The molecule has 0 saturated heterocycles. The second-order valence-electron chi connectivity index (χ2n) is 4.36. The van der Waals surface area contributed by atoms with Crippen LogP contribution in [0.3, 0.4) is 0 Å². The maximum atomic E-state index is 12.1. The molecule has 1 aromatic carbocycles. The molecule has 0 bridgehead atoms. The average Bonchev–Trinajstić information content (AvgIpc) is 3.11. The lowest BCUT2D eigenvalue weighted by molar-refractivity contribution is -0.131. The van der Waals surface area contributed by atoms with Gasteiger partial charge >= 0.3 is 0 Å². The molecule has 86 valence electrons. The first-order valence-corrected chi connectivity index (χ1v) is 6.00. The van der Waals surface area contributed by atoms with Crippen molar-refractivity contribution in [3.63, 3.8) is 0 Å². The van der Waals surface area contributed by atoms with Crippen molar-refractivity contribution in [1.29, 1.82) is 0 Å². The molecule has 0 aromatic heterocycles. The maximum absolute atomic E-state index is 12.1. The van der Waals surface area contributed by atoms with Crippen molar-refractivity contribution < 1.29 is 9.53 Å². The summed E-state index contributed by atoms with van der Waals surface area (Å²) >= 11 is 0. The van der Waals surface area contributed by atoms with Crippen LogP contribution in [0.5, 0.6) is 0 Å². The Kier molecular flexibility index (Phi) is 3.73. The fourth-order valence-corrected chi connectivity index (χ4v) is 1.88. The minimum absolute atomic E-state index is 0.232. The molecule has 1 aromatic rings. The fraction of sp³-hybridized carbons (Fsp3) is 0.500. The molecule has 0 aliphatic heterocycles. The van der Waals surface area contributed by atoms with Gasteiger partial charge in [0.15, 0.2) is 5.78 Å². The van der Waals surface area contributed by atoms with Gasteiger partial charge in [-0.15, -0.1) is 0 Å². The Morgan fingerprint density at radius 3 is 2.62 bits per heavy atom. The lowest BCUT2D eigenvalue weighted by atomic mass is 10.0. The Morgan fingerprint density at radius 1 is 1.38 bits per heavy atom. The zero-order valence-electron chi connectivity index (χ0n) is 9.69. The monoisotopic (exact) mass is 218 g/mol. The topological polar surface area (TPSA) is 26.3 Å². The average molecular weight is 218 g/mol. The summed E-state index contributed by atoms with van der Waals surface area (Å²) in [4.78, 5) is 12.1. The van der Waals surface area contributed by atoms with Gasteiger partial charge in [0, 0.05) is 13.0 Å². The number of Topliss-reactive ketones (excluding diaryl/α,β-unsaturated/α-hetero) is 1. The number of rotatable bonds is 6. The summed E-state index contributed by atoms with van der Waals surface area (Å²) in [7, 11) is 0. The molecule has 1 unspecified atom stereocenters. The standard InChI is InChI=1S/C14H18O2/c1-2-16-14(12-6-4-3-5-7-12)13(15)10-11-8-9-11/h3-7,11,14H,2,8-10H2,1H3. The van der Waals surface area contributed by atoms with E-state index in [0.29, 0.717) is 18.9 Å². The first-order chi connectivity index (χ1) is 7.81. The van der Waals surface area contributed by atoms with Gasteiger partial charge in [-0.2, -0.15) is 0 Å². The van der Waals surface area contributed by atoms with Crippen LogP contribution in [0.1, 0.15) is 37.9 Å². The summed E-state index contributed by atoms with van der Waals surface area (Å²) in [6.07, 6.45) is 2.74. The summed E-state index contributed by atoms with van der Waals surface area (Å²) in [6.45, 7) is 2.51. The summed E-state index contributed by atoms with van der Waals surface area (Å²) < 4.78 is 5.57. The van der Waals surface area contributed by atoms with Crippen molar-refractivity contribution in [3.8, 4) is 0 Å². The molecular formula is C14H18O2. The van der Waals surface area contributed by atoms with E-state index in [-0.39, 0.29) is 11.9 Å². The Balaban J connectivity index is 2.06. The van der Waals surface area contributed by atoms with E-state index in [9.17, 15) is 4.79 Å². The van der Waals surface area contributed by atoms with Gasteiger partial charge in [-0.25, -0.2) is 0 Å². The molecule has 0 N–H and O–H groups in total. The van der Waals surface area contributed by atoms with Crippen molar-refractivity contribution in [2.24, 2.45) is 5.92 Å². The predicted octanol–water partition coefficient (Wildman–Crippen LogP) is 3.13. The largest absolute Gasteiger partial charge is 0.366 e.